The number of guanidine groups is 1. The monoisotopic (exact) mass is 515 g/mol. The molecule has 0 atom stereocenters. The third-order valence-corrected chi connectivity index (χ3v) is 3.62. The van der Waals surface area contributed by atoms with E-state index in [0.29, 0.717) is 25.6 Å². The highest BCUT2D eigenvalue weighted by molar-refractivity contribution is 14.0. The van der Waals surface area contributed by atoms with E-state index in [9.17, 15) is 4.79 Å². The SMILES string of the molecule is CN=C(NCCCNC(=O)OC(C)(C)C)NCc1ccc(-n2cncn2)cc1.I. The molecule has 2 rings (SSSR count). The number of amides is 1. The van der Waals surface area contributed by atoms with Crippen molar-refractivity contribution in [3.63, 3.8) is 0 Å². The number of ether oxygens (including phenoxy) is 1. The number of nitrogens with zero attached hydrogens (tertiary/aromatic N) is 4. The first-order valence-electron chi connectivity index (χ1n) is 9.23. The summed E-state index contributed by atoms with van der Waals surface area (Å²) in [7, 11) is 1.72. The van der Waals surface area contributed by atoms with Crippen molar-refractivity contribution in [3.8, 4) is 5.69 Å². The van der Waals surface area contributed by atoms with Gasteiger partial charge in [-0.15, -0.1) is 24.0 Å². The minimum Gasteiger partial charge on any atom is -0.444 e. The first-order chi connectivity index (χ1) is 13.4. The van der Waals surface area contributed by atoms with Gasteiger partial charge >= 0.3 is 6.09 Å². The highest BCUT2D eigenvalue weighted by Gasteiger charge is 2.15. The van der Waals surface area contributed by atoms with Gasteiger partial charge in [-0.2, -0.15) is 5.10 Å². The Kier molecular flexibility index (Phi) is 10.4. The summed E-state index contributed by atoms with van der Waals surface area (Å²) in [6.45, 7) is 7.38. The molecule has 0 radical (unpaired) electrons. The van der Waals surface area contributed by atoms with E-state index in [4.69, 9.17) is 4.74 Å². The number of halogens is 1. The minimum atomic E-state index is -0.484. The van der Waals surface area contributed by atoms with Crippen LogP contribution in [0, 0.1) is 0 Å². The van der Waals surface area contributed by atoms with Crippen molar-refractivity contribution < 1.29 is 9.53 Å². The number of nitrogens with one attached hydrogen (secondary N) is 3. The van der Waals surface area contributed by atoms with Gasteiger partial charge in [0.15, 0.2) is 5.96 Å². The zero-order valence-corrected chi connectivity index (χ0v) is 19.6. The molecule has 0 aliphatic rings. The molecule has 2 aromatic rings. The highest BCUT2D eigenvalue weighted by Crippen LogP contribution is 2.08. The number of hydrogen-bond donors (Lipinski definition) is 3. The standard InChI is InChI=1S/C19H29N7O2.HI/c1-19(2,3)28-18(27)23-11-5-10-22-17(20-4)24-12-15-6-8-16(9-7-15)26-14-21-13-25-26;/h6-9,13-14H,5,10-12H2,1-4H3,(H,23,27)(H2,20,22,24);1H. The molecule has 1 heterocycles. The van der Waals surface area contributed by atoms with Crippen molar-refractivity contribution >= 4 is 36.0 Å². The number of hydrogen-bond acceptors (Lipinski definition) is 5. The summed E-state index contributed by atoms with van der Waals surface area (Å²) >= 11 is 0. The molecule has 0 saturated carbocycles. The Morgan fingerprint density at radius 1 is 1.14 bits per heavy atom. The number of carbonyl (C=O) groups is 1. The minimum absolute atomic E-state index is 0. The maximum Gasteiger partial charge on any atom is 0.407 e. The summed E-state index contributed by atoms with van der Waals surface area (Å²) in [6, 6.07) is 8.04. The first-order valence-corrected chi connectivity index (χ1v) is 9.23. The molecule has 1 aromatic heterocycles. The molecule has 1 amide bonds. The summed E-state index contributed by atoms with van der Waals surface area (Å²) in [5, 5.41) is 13.3. The number of alkyl carbamates (subject to hydrolysis) is 1. The lowest BCUT2D eigenvalue weighted by atomic mass is 10.2. The lowest BCUT2D eigenvalue weighted by Gasteiger charge is -2.19. The van der Waals surface area contributed by atoms with Crippen molar-refractivity contribution in [2.24, 2.45) is 4.99 Å². The Morgan fingerprint density at radius 3 is 2.41 bits per heavy atom. The Morgan fingerprint density at radius 2 is 1.83 bits per heavy atom. The van der Waals surface area contributed by atoms with Gasteiger partial charge in [0, 0.05) is 26.7 Å². The van der Waals surface area contributed by atoms with E-state index >= 15 is 0 Å². The number of benzene rings is 1. The van der Waals surface area contributed by atoms with Crippen LogP contribution in [0.25, 0.3) is 5.69 Å². The molecule has 9 nitrogen and oxygen atoms in total. The molecule has 0 aliphatic heterocycles. The van der Waals surface area contributed by atoms with E-state index in [0.717, 1.165) is 17.7 Å². The van der Waals surface area contributed by atoms with E-state index in [-0.39, 0.29) is 24.0 Å². The number of aromatic nitrogens is 3. The summed E-state index contributed by atoms with van der Waals surface area (Å²) in [5.41, 5.74) is 1.60. The molecular weight excluding hydrogens is 485 g/mol. The van der Waals surface area contributed by atoms with Gasteiger partial charge in [-0.25, -0.2) is 14.5 Å². The van der Waals surface area contributed by atoms with Crippen LogP contribution in [-0.4, -0.2) is 52.6 Å². The normalized spacial score (nSPS) is 11.4. The van der Waals surface area contributed by atoms with Gasteiger partial charge in [0.1, 0.15) is 18.3 Å². The lowest BCUT2D eigenvalue weighted by Crippen LogP contribution is -2.39. The molecule has 0 aliphatic carbocycles. The quantitative estimate of drug-likeness (QED) is 0.227. The van der Waals surface area contributed by atoms with Crippen LogP contribution < -0.4 is 16.0 Å². The molecule has 29 heavy (non-hydrogen) atoms. The van der Waals surface area contributed by atoms with Crippen LogP contribution in [0.3, 0.4) is 0 Å². The fourth-order valence-electron chi connectivity index (χ4n) is 2.31. The first kappa shape index (κ1) is 24.7. The van der Waals surface area contributed by atoms with Crippen LogP contribution in [0.5, 0.6) is 0 Å². The van der Waals surface area contributed by atoms with E-state index in [1.54, 1.807) is 18.1 Å². The molecule has 0 bridgehead atoms. The molecule has 160 valence electrons. The van der Waals surface area contributed by atoms with Crippen molar-refractivity contribution in [1.82, 2.24) is 30.7 Å². The molecule has 1 aromatic carbocycles. The smallest absolute Gasteiger partial charge is 0.407 e. The summed E-state index contributed by atoms with van der Waals surface area (Å²) in [5.74, 6) is 0.706. The van der Waals surface area contributed by atoms with Gasteiger partial charge in [0.2, 0.25) is 0 Å². The number of carbonyl (C=O) groups excluding carboxylic acids is 1. The molecule has 0 saturated heterocycles. The highest BCUT2D eigenvalue weighted by atomic mass is 127. The van der Waals surface area contributed by atoms with Gasteiger partial charge < -0.3 is 20.7 Å². The van der Waals surface area contributed by atoms with Crippen LogP contribution in [-0.2, 0) is 11.3 Å². The lowest BCUT2D eigenvalue weighted by molar-refractivity contribution is 0.0527. The molecule has 3 N–H and O–H groups in total. The van der Waals surface area contributed by atoms with Crippen molar-refractivity contribution in [1.29, 1.82) is 0 Å². The maximum absolute atomic E-state index is 11.6. The zero-order chi connectivity index (χ0) is 20.4. The van der Waals surface area contributed by atoms with Crippen LogP contribution in [0.1, 0.15) is 32.8 Å². The molecule has 0 spiro atoms. The summed E-state index contributed by atoms with van der Waals surface area (Å²) in [4.78, 5) is 19.7. The Labute approximate surface area is 188 Å². The molecule has 0 unspecified atom stereocenters. The van der Waals surface area contributed by atoms with Gasteiger partial charge in [0.05, 0.1) is 5.69 Å². The van der Waals surface area contributed by atoms with Gasteiger partial charge in [-0.3, -0.25) is 4.99 Å². The van der Waals surface area contributed by atoms with Crippen molar-refractivity contribution in [2.45, 2.75) is 39.3 Å². The maximum atomic E-state index is 11.6. The molecular formula is C19H30IN7O2. The molecule has 0 fully saturated rings. The average molecular weight is 515 g/mol. The Balaban J connectivity index is 0.00000420. The Bertz CT molecular complexity index is 756. The predicted octanol–water partition coefficient (Wildman–Crippen LogP) is 2.47. The number of aliphatic imine (C=N–C) groups is 1. The third-order valence-electron chi connectivity index (χ3n) is 3.62. The van der Waals surface area contributed by atoms with Crippen LogP contribution >= 0.6 is 24.0 Å². The summed E-state index contributed by atoms with van der Waals surface area (Å²) in [6.07, 6.45) is 3.53. The predicted molar refractivity (Wildman–Crippen MR) is 124 cm³/mol. The largest absolute Gasteiger partial charge is 0.444 e. The van der Waals surface area contributed by atoms with E-state index in [2.05, 4.69) is 31.0 Å². The van der Waals surface area contributed by atoms with E-state index < -0.39 is 11.7 Å². The average Bonchev–Trinajstić information content (AvgIpc) is 3.17. The fourth-order valence-corrected chi connectivity index (χ4v) is 2.31. The van der Waals surface area contributed by atoms with Gasteiger partial charge in [0.25, 0.3) is 0 Å². The number of rotatable bonds is 7. The van der Waals surface area contributed by atoms with E-state index in [1.807, 2.05) is 45.0 Å². The van der Waals surface area contributed by atoms with Crippen LogP contribution in [0.4, 0.5) is 4.79 Å². The fraction of sp³-hybridized carbons (Fsp3) is 0.474. The third kappa shape index (κ3) is 9.59. The van der Waals surface area contributed by atoms with Crippen molar-refractivity contribution in [2.75, 3.05) is 20.1 Å². The van der Waals surface area contributed by atoms with E-state index in [1.165, 1.54) is 6.33 Å². The van der Waals surface area contributed by atoms with Crippen LogP contribution in [0.2, 0.25) is 0 Å². The van der Waals surface area contributed by atoms with Crippen LogP contribution in [0.15, 0.2) is 41.9 Å². The zero-order valence-electron chi connectivity index (χ0n) is 17.3. The Hall–Kier alpha value is -2.37. The second-order valence-corrected chi connectivity index (χ2v) is 7.14. The van der Waals surface area contributed by atoms with Crippen molar-refractivity contribution in [3.05, 3.63) is 42.5 Å². The second kappa shape index (κ2) is 12.2. The second-order valence-electron chi connectivity index (χ2n) is 7.14. The summed E-state index contributed by atoms with van der Waals surface area (Å²) < 4.78 is 6.90. The molecule has 10 heteroatoms. The van der Waals surface area contributed by atoms with Gasteiger partial charge in [-0.1, -0.05) is 12.1 Å². The topological polar surface area (TPSA) is 105 Å². The van der Waals surface area contributed by atoms with Gasteiger partial charge in [-0.05, 0) is 44.9 Å².